The van der Waals surface area contributed by atoms with Crippen molar-refractivity contribution in [3.8, 4) is 5.75 Å². The maximum Gasteiger partial charge on any atom is 0.343 e. The van der Waals surface area contributed by atoms with Crippen LogP contribution in [-0.2, 0) is 9.47 Å². The van der Waals surface area contributed by atoms with Gasteiger partial charge in [-0.25, -0.2) is 4.79 Å². The molecule has 2 rings (SSSR count). The number of hydrogen-bond acceptors (Lipinski definition) is 5. The molecule has 1 heterocycles. The van der Waals surface area contributed by atoms with Crippen LogP contribution < -0.4 is 10.5 Å². The van der Waals surface area contributed by atoms with Crippen molar-refractivity contribution in [3.63, 3.8) is 0 Å². The summed E-state index contributed by atoms with van der Waals surface area (Å²) >= 11 is 0. The monoisotopic (exact) mass is 251 g/mol. The lowest BCUT2D eigenvalue weighted by Crippen LogP contribution is -2.15. The number of carbonyl (C=O) groups excluding carboxylic acids is 1. The molecule has 1 unspecified atom stereocenters. The Morgan fingerprint density at radius 2 is 2.39 bits per heavy atom. The first-order chi connectivity index (χ1) is 8.72. The third-order valence-corrected chi connectivity index (χ3v) is 2.95. The Bertz CT molecular complexity index is 427. The van der Waals surface area contributed by atoms with E-state index in [0.29, 0.717) is 36.1 Å². The molecule has 1 aliphatic heterocycles. The molecular formula is C13H17NO4. The molecule has 0 radical (unpaired) electrons. The molecule has 1 fully saturated rings. The van der Waals surface area contributed by atoms with Crippen LogP contribution in [0.2, 0.25) is 0 Å². The summed E-state index contributed by atoms with van der Waals surface area (Å²) in [7, 11) is 1.32. The molecule has 0 amide bonds. The predicted molar refractivity (Wildman–Crippen MR) is 66.6 cm³/mol. The molecule has 1 aromatic carbocycles. The molecule has 1 aromatic rings. The largest absolute Gasteiger partial charge is 0.492 e. The highest BCUT2D eigenvalue weighted by atomic mass is 16.5. The lowest BCUT2D eigenvalue weighted by molar-refractivity contribution is 0.0596. The van der Waals surface area contributed by atoms with Crippen LogP contribution in [-0.4, -0.2) is 32.9 Å². The van der Waals surface area contributed by atoms with Gasteiger partial charge in [0.15, 0.2) is 0 Å². The van der Waals surface area contributed by atoms with E-state index >= 15 is 0 Å². The van der Waals surface area contributed by atoms with E-state index in [1.54, 1.807) is 18.2 Å². The SMILES string of the molecule is COC(=O)c1c(N)cccc1OCC1CCOC1. The van der Waals surface area contributed by atoms with Gasteiger partial charge in [0.1, 0.15) is 11.3 Å². The van der Waals surface area contributed by atoms with Gasteiger partial charge in [0, 0.05) is 18.2 Å². The molecule has 0 aromatic heterocycles. The molecule has 0 spiro atoms. The van der Waals surface area contributed by atoms with Gasteiger partial charge < -0.3 is 19.9 Å². The number of esters is 1. The molecule has 0 aliphatic carbocycles. The maximum atomic E-state index is 11.6. The Kier molecular flexibility index (Phi) is 4.04. The van der Waals surface area contributed by atoms with E-state index in [1.165, 1.54) is 7.11 Å². The van der Waals surface area contributed by atoms with Gasteiger partial charge in [0.2, 0.25) is 0 Å². The van der Waals surface area contributed by atoms with Crippen LogP contribution in [0.3, 0.4) is 0 Å². The molecule has 1 aliphatic rings. The van der Waals surface area contributed by atoms with E-state index in [2.05, 4.69) is 0 Å². The van der Waals surface area contributed by atoms with Gasteiger partial charge in [-0.1, -0.05) is 6.07 Å². The molecule has 5 nitrogen and oxygen atoms in total. The second-order valence-electron chi connectivity index (χ2n) is 4.25. The fourth-order valence-electron chi connectivity index (χ4n) is 1.91. The average Bonchev–Trinajstić information content (AvgIpc) is 2.88. The Balaban J connectivity index is 2.11. The van der Waals surface area contributed by atoms with Gasteiger partial charge in [0.25, 0.3) is 0 Å². The van der Waals surface area contributed by atoms with Crippen molar-refractivity contribution in [1.29, 1.82) is 0 Å². The third kappa shape index (κ3) is 2.73. The molecule has 1 saturated heterocycles. The number of carbonyl (C=O) groups is 1. The lowest BCUT2D eigenvalue weighted by Gasteiger charge is -2.14. The van der Waals surface area contributed by atoms with Crippen LogP contribution in [0, 0.1) is 5.92 Å². The number of anilines is 1. The number of nitrogens with two attached hydrogens (primary N) is 1. The standard InChI is InChI=1S/C13H17NO4/c1-16-13(15)12-10(14)3-2-4-11(12)18-8-9-5-6-17-7-9/h2-4,9H,5-8,14H2,1H3. The first-order valence-electron chi connectivity index (χ1n) is 5.89. The van der Waals surface area contributed by atoms with Gasteiger partial charge in [-0.2, -0.15) is 0 Å². The van der Waals surface area contributed by atoms with E-state index in [0.717, 1.165) is 13.0 Å². The Morgan fingerprint density at radius 3 is 3.06 bits per heavy atom. The lowest BCUT2D eigenvalue weighted by atomic mass is 10.1. The highest BCUT2D eigenvalue weighted by Crippen LogP contribution is 2.26. The summed E-state index contributed by atoms with van der Waals surface area (Å²) in [6, 6.07) is 5.12. The van der Waals surface area contributed by atoms with Crippen LogP contribution in [0.5, 0.6) is 5.75 Å². The number of benzene rings is 1. The Labute approximate surface area is 106 Å². The van der Waals surface area contributed by atoms with Crippen molar-refractivity contribution in [1.82, 2.24) is 0 Å². The Morgan fingerprint density at radius 1 is 1.56 bits per heavy atom. The Hall–Kier alpha value is -1.75. The van der Waals surface area contributed by atoms with Gasteiger partial charge >= 0.3 is 5.97 Å². The van der Waals surface area contributed by atoms with Crippen molar-refractivity contribution >= 4 is 11.7 Å². The summed E-state index contributed by atoms with van der Waals surface area (Å²) in [5.41, 5.74) is 6.43. The van der Waals surface area contributed by atoms with E-state index in [9.17, 15) is 4.79 Å². The van der Waals surface area contributed by atoms with Crippen molar-refractivity contribution < 1.29 is 19.0 Å². The quantitative estimate of drug-likeness (QED) is 0.648. The van der Waals surface area contributed by atoms with Crippen molar-refractivity contribution in [2.75, 3.05) is 32.7 Å². The number of nitrogen functional groups attached to an aromatic ring is 1. The summed E-state index contributed by atoms with van der Waals surface area (Å²) in [4.78, 5) is 11.6. The minimum Gasteiger partial charge on any atom is -0.492 e. The first-order valence-corrected chi connectivity index (χ1v) is 5.89. The zero-order chi connectivity index (χ0) is 13.0. The first kappa shape index (κ1) is 12.7. The highest BCUT2D eigenvalue weighted by Gasteiger charge is 2.20. The zero-order valence-corrected chi connectivity index (χ0v) is 10.3. The van der Waals surface area contributed by atoms with Crippen LogP contribution in [0.4, 0.5) is 5.69 Å². The molecular weight excluding hydrogens is 234 g/mol. The van der Waals surface area contributed by atoms with Crippen LogP contribution in [0.25, 0.3) is 0 Å². The summed E-state index contributed by atoms with van der Waals surface area (Å²) in [6.07, 6.45) is 0.982. The van der Waals surface area contributed by atoms with Gasteiger partial charge in [0.05, 0.1) is 20.3 Å². The average molecular weight is 251 g/mol. The molecule has 18 heavy (non-hydrogen) atoms. The fraction of sp³-hybridized carbons (Fsp3) is 0.462. The van der Waals surface area contributed by atoms with E-state index in [1.807, 2.05) is 0 Å². The smallest absolute Gasteiger partial charge is 0.343 e. The number of hydrogen-bond donors (Lipinski definition) is 1. The van der Waals surface area contributed by atoms with Crippen molar-refractivity contribution in [2.45, 2.75) is 6.42 Å². The minimum absolute atomic E-state index is 0.291. The van der Waals surface area contributed by atoms with Crippen LogP contribution in [0.1, 0.15) is 16.8 Å². The summed E-state index contributed by atoms with van der Waals surface area (Å²) < 4.78 is 15.6. The van der Waals surface area contributed by atoms with Crippen molar-refractivity contribution in [3.05, 3.63) is 23.8 Å². The summed E-state index contributed by atoms with van der Waals surface area (Å²) in [6.45, 7) is 2.00. The van der Waals surface area contributed by atoms with Crippen LogP contribution in [0.15, 0.2) is 18.2 Å². The molecule has 0 saturated carbocycles. The minimum atomic E-state index is -0.481. The van der Waals surface area contributed by atoms with Gasteiger partial charge in [-0.05, 0) is 18.6 Å². The second kappa shape index (κ2) is 5.73. The normalized spacial score (nSPS) is 18.6. The van der Waals surface area contributed by atoms with Crippen LogP contribution >= 0.6 is 0 Å². The van der Waals surface area contributed by atoms with Gasteiger partial charge in [-0.3, -0.25) is 0 Å². The molecule has 98 valence electrons. The maximum absolute atomic E-state index is 11.6. The molecule has 2 N–H and O–H groups in total. The predicted octanol–water partition coefficient (Wildman–Crippen LogP) is 1.47. The van der Waals surface area contributed by atoms with Gasteiger partial charge in [-0.15, -0.1) is 0 Å². The topological polar surface area (TPSA) is 70.8 Å². The zero-order valence-electron chi connectivity index (χ0n) is 10.3. The molecule has 1 atom stereocenters. The number of methoxy groups -OCH3 is 1. The second-order valence-corrected chi connectivity index (χ2v) is 4.25. The van der Waals surface area contributed by atoms with E-state index in [4.69, 9.17) is 19.9 Å². The van der Waals surface area contributed by atoms with E-state index in [-0.39, 0.29) is 0 Å². The summed E-state index contributed by atoms with van der Waals surface area (Å²) in [5, 5.41) is 0. The summed E-state index contributed by atoms with van der Waals surface area (Å²) in [5.74, 6) is 0.358. The number of rotatable bonds is 4. The third-order valence-electron chi connectivity index (χ3n) is 2.95. The van der Waals surface area contributed by atoms with Crippen molar-refractivity contribution in [2.24, 2.45) is 5.92 Å². The van der Waals surface area contributed by atoms with E-state index < -0.39 is 5.97 Å². The fourth-order valence-corrected chi connectivity index (χ4v) is 1.91. The number of ether oxygens (including phenoxy) is 3. The highest BCUT2D eigenvalue weighted by molar-refractivity contribution is 5.98. The molecule has 0 bridgehead atoms. The molecule has 5 heteroatoms.